The molecule has 2 atom stereocenters. The Morgan fingerprint density at radius 3 is 3.35 bits per heavy atom. The molecule has 1 amide bonds. The highest BCUT2D eigenvalue weighted by Crippen LogP contribution is 2.44. The lowest BCUT2D eigenvalue weighted by Gasteiger charge is -2.34. The molecule has 92 valence electrons. The first-order chi connectivity index (χ1) is 8.29. The van der Waals surface area contributed by atoms with Gasteiger partial charge in [-0.05, 0) is 42.7 Å². The van der Waals surface area contributed by atoms with Crippen LogP contribution in [-0.4, -0.2) is 30.7 Å². The first-order valence-corrected chi connectivity index (χ1v) is 7.15. The monoisotopic (exact) mass is 251 g/mol. The summed E-state index contributed by atoms with van der Waals surface area (Å²) in [6.07, 6.45) is 2.19. The largest absolute Gasteiger partial charge is 0.450 e. The number of hydrogen-bond acceptors (Lipinski definition) is 3. The Bertz CT molecular complexity index is 429. The quantitative estimate of drug-likeness (QED) is 0.768. The maximum Gasteiger partial charge on any atom is 0.409 e. The zero-order valence-electron chi connectivity index (χ0n) is 10.0. The first-order valence-electron chi connectivity index (χ1n) is 6.27. The molecule has 1 fully saturated rings. The van der Waals surface area contributed by atoms with Gasteiger partial charge in [0.05, 0.1) is 6.61 Å². The Labute approximate surface area is 105 Å². The van der Waals surface area contributed by atoms with Gasteiger partial charge in [-0.2, -0.15) is 0 Å². The van der Waals surface area contributed by atoms with E-state index in [9.17, 15) is 4.79 Å². The van der Waals surface area contributed by atoms with E-state index in [0.717, 1.165) is 25.4 Å². The molecule has 0 radical (unpaired) electrons. The van der Waals surface area contributed by atoms with Crippen molar-refractivity contribution in [1.82, 2.24) is 4.90 Å². The molecular weight excluding hydrogens is 234 g/mol. The number of hydrogen-bond donors (Lipinski definition) is 0. The van der Waals surface area contributed by atoms with Crippen molar-refractivity contribution >= 4 is 17.4 Å². The summed E-state index contributed by atoms with van der Waals surface area (Å²) in [5.74, 6) is 1.30. The Balaban J connectivity index is 1.74. The zero-order valence-corrected chi connectivity index (χ0v) is 10.8. The van der Waals surface area contributed by atoms with Gasteiger partial charge in [-0.1, -0.05) is 0 Å². The third kappa shape index (κ3) is 1.84. The molecule has 0 saturated carbocycles. The summed E-state index contributed by atoms with van der Waals surface area (Å²) >= 11 is 1.86. The highest BCUT2D eigenvalue weighted by Gasteiger charge is 2.39. The summed E-state index contributed by atoms with van der Waals surface area (Å²) in [4.78, 5) is 15.1. The molecule has 3 nitrogen and oxygen atoms in total. The second-order valence-corrected chi connectivity index (χ2v) is 5.80. The van der Waals surface area contributed by atoms with Crippen LogP contribution in [0.15, 0.2) is 11.4 Å². The minimum Gasteiger partial charge on any atom is -0.450 e. The van der Waals surface area contributed by atoms with Crippen LogP contribution in [0.2, 0.25) is 0 Å². The van der Waals surface area contributed by atoms with Gasteiger partial charge in [0.1, 0.15) is 0 Å². The van der Waals surface area contributed by atoms with Crippen molar-refractivity contribution in [2.75, 3.05) is 19.7 Å². The molecule has 2 aliphatic rings. The average Bonchev–Trinajstić information content (AvgIpc) is 2.88. The van der Waals surface area contributed by atoms with Crippen LogP contribution in [0.4, 0.5) is 4.79 Å². The Kier molecular flexibility index (Phi) is 2.82. The number of fused-ring (bicyclic) bond motifs is 3. The van der Waals surface area contributed by atoms with Crippen LogP contribution < -0.4 is 0 Å². The summed E-state index contributed by atoms with van der Waals surface area (Å²) in [5.41, 5.74) is 1.48. The van der Waals surface area contributed by atoms with E-state index < -0.39 is 0 Å². The Morgan fingerprint density at radius 1 is 1.65 bits per heavy atom. The molecular formula is C13H17NO2S. The SMILES string of the molecule is CCOC(=O)N1CCC2Cc3sccc3C2C1. The van der Waals surface area contributed by atoms with Gasteiger partial charge < -0.3 is 9.64 Å². The molecule has 4 heteroatoms. The van der Waals surface area contributed by atoms with E-state index in [2.05, 4.69) is 11.4 Å². The van der Waals surface area contributed by atoms with E-state index >= 15 is 0 Å². The summed E-state index contributed by atoms with van der Waals surface area (Å²) in [6.45, 7) is 4.02. The number of ether oxygens (including phenoxy) is 1. The highest BCUT2D eigenvalue weighted by molar-refractivity contribution is 7.10. The van der Waals surface area contributed by atoms with E-state index in [1.54, 1.807) is 0 Å². The lowest BCUT2D eigenvalue weighted by atomic mass is 9.86. The maximum absolute atomic E-state index is 11.7. The van der Waals surface area contributed by atoms with Crippen molar-refractivity contribution in [1.29, 1.82) is 0 Å². The molecule has 1 aliphatic heterocycles. The van der Waals surface area contributed by atoms with E-state index in [1.807, 2.05) is 23.2 Å². The standard InChI is InChI=1S/C13H17NO2S/c1-2-16-13(15)14-5-3-9-7-12-10(4-6-17-12)11(9)8-14/h4,6,9,11H,2-3,5,7-8H2,1H3. The van der Waals surface area contributed by atoms with Gasteiger partial charge in [0, 0.05) is 23.9 Å². The second-order valence-electron chi connectivity index (χ2n) is 4.80. The van der Waals surface area contributed by atoms with Crippen molar-refractivity contribution in [2.24, 2.45) is 5.92 Å². The summed E-state index contributed by atoms with van der Waals surface area (Å²) in [6, 6.07) is 2.24. The number of carbonyl (C=O) groups excluding carboxylic acids is 1. The fourth-order valence-corrected chi connectivity index (χ4v) is 4.11. The van der Waals surface area contributed by atoms with E-state index in [0.29, 0.717) is 12.5 Å². The van der Waals surface area contributed by atoms with Crippen molar-refractivity contribution in [3.8, 4) is 0 Å². The molecule has 1 aromatic rings. The lowest BCUT2D eigenvalue weighted by Crippen LogP contribution is -2.42. The zero-order chi connectivity index (χ0) is 11.8. The van der Waals surface area contributed by atoms with Crippen LogP contribution >= 0.6 is 11.3 Å². The average molecular weight is 251 g/mol. The number of likely N-dealkylation sites (tertiary alicyclic amines) is 1. The molecule has 0 N–H and O–H groups in total. The van der Waals surface area contributed by atoms with E-state index in [4.69, 9.17) is 4.74 Å². The van der Waals surface area contributed by atoms with Crippen molar-refractivity contribution in [3.63, 3.8) is 0 Å². The smallest absolute Gasteiger partial charge is 0.409 e. The molecule has 3 rings (SSSR count). The predicted molar refractivity (Wildman–Crippen MR) is 67.5 cm³/mol. The molecule has 1 aliphatic carbocycles. The summed E-state index contributed by atoms with van der Waals surface area (Å²) in [5, 5.41) is 2.17. The number of thiophene rings is 1. The summed E-state index contributed by atoms with van der Waals surface area (Å²) in [7, 11) is 0. The number of nitrogens with zero attached hydrogens (tertiary/aromatic N) is 1. The number of carbonyl (C=O) groups is 1. The topological polar surface area (TPSA) is 29.5 Å². The van der Waals surface area contributed by atoms with Crippen LogP contribution in [0, 0.1) is 5.92 Å². The Morgan fingerprint density at radius 2 is 2.53 bits per heavy atom. The fourth-order valence-electron chi connectivity index (χ4n) is 3.06. The highest BCUT2D eigenvalue weighted by atomic mass is 32.1. The van der Waals surface area contributed by atoms with Gasteiger partial charge in [-0.25, -0.2) is 4.79 Å². The predicted octanol–water partition coefficient (Wildman–Crippen LogP) is 2.87. The van der Waals surface area contributed by atoms with Gasteiger partial charge >= 0.3 is 6.09 Å². The normalized spacial score (nSPS) is 26.5. The second kappa shape index (κ2) is 4.33. The van der Waals surface area contributed by atoms with Crippen LogP contribution in [0.3, 0.4) is 0 Å². The minimum atomic E-state index is -0.144. The van der Waals surface area contributed by atoms with Crippen molar-refractivity contribution < 1.29 is 9.53 Å². The van der Waals surface area contributed by atoms with Gasteiger partial charge in [0.2, 0.25) is 0 Å². The molecule has 1 saturated heterocycles. The molecule has 0 spiro atoms. The van der Waals surface area contributed by atoms with Crippen molar-refractivity contribution in [3.05, 3.63) is 21.9 Å². The number of piperidine rings is 1. The first kappa shape index (κ1) is 11.1. The third-order valence-corrected chi connectivity index (χ3v) is 4.87. The molecule has 1 aromatic heterocycles. The van der Waals surface area contributed by atoms with Gasteiger partial charge in [0.25, 0.3) is 0 Å². The van der Waals surface area contributed by atoms with E-state index in [-0.39, 0.29) is 6.09 Å². The minimum absolute atomic E-state index is 0.144. The number of rotatable bonds is 1. The molecule has 17 heavy (non-hydrogen) atoms. The molecule has 0 bridgehead atoms. The van der Waals surface area contributed by atoms with Crippen LogP contribution in [-0.2, 0) is 11.2 Å². The maximum atomic E-state index is 11.7. The van der Waals surface area contributed by atoms with Crippen LogP contribution in [0.1, 0.15) is 29.7 Å². The van der Waals surface area contributed by atoms with E-state index in [1.165, 1.54) is 16.9 Å². The number of amides is 1. The van der Waals surface area contributed by atoms with Gasteiger partial charge in [-0.15, -0.1) is 11.3 Å². The molecule has 0 aromatic carbocycles. The van der Waals surface area contributed by atoms with Gasteiger partial charge in [0.15, 0.2) is 0 Å². The van der Waals surface area contributed by atoms with Crippen molar-refractivity contribution in [2.45, 2.75) is 25.7 Å². The van der Waals surface area contributed by atoms with Gasteiger partial charge in [-0.3, -0.25) is 0 Å². The third-order valence-electron chi connectivity index (χ3n) is 3.91. The summed E-state index contributed by atoms with van der Waals surface area (Å²) < 4.78 is 5.09. The molecule has 2 heterocycles. The Hall–Kier alpha value is -1.03. The van der Waals surface area contributed by atoms with Crippen LogP contribution in [0.5, 0.6) is 0 Å². The van der Waals surface area contributed by atoms with Crippen LogP contribution in [0.25, 0.3) is 0 Å². The fraction of sp³-hybridized carbons (Fsp3) is 0.615. The molecule has 2 unspecified atom stereocenters. The lowest BCUT2D eigenvalue weighted by molar-refractivity contribution is 0.0876.